The second-order valence-electron chi connectivity index (χ2n) is 4.57. The number of hydrogen-bond acceptors (Lipinski definition) is 3. The van der Waals surface area contributed by atoms with Crippen LogP contribution in [-0.4, -0.2) is 44.7 Å². The van der Waals surface area contributed by atoms with Crippen molar-refractivity contribution in [2.24, 2.45) is 5.92 Å². The zero-order chi connectivity index (χ0) is 12.8. The van der Waals surface area contributed by atoms with Crippen LogP contribution in [0.4, 0.5) is 0 Å². The van der Waals surface area contributed by atoms with Crippen molar-refractivity contribution in [1.82, 2.24) is 9.62 Å². The number of nitrogens with one attached hydrogen (secondary N) is 1. The summed E-state index contributed by atoms with van der Waals surface area (Å²) in [4.78, 5) is 0. The van der Waals surface area contributed by atoms with Crippen LogP contribution < -0.4 is 5.32 Å². The maximum absolute atomic E-state index is 11.9. The van der Waals surface area contributed by atoms with E-state index in [2.05, 4.69) is 12.2 Å². The first kappa shape index (κ1) is 15.9. The molecule has 1 atom stereocenters. The average molecular weight is 250 g/mol. The molecule has 0 aliphatic rings. The molecule has 0 aliphatic carbocycles. The molecule has 0 bridgehead atoms. The Labute approximate surface area is 100 Å². The third-order valence-electron chi connectivity index (χ3n) is 2.94. The molecule has 0 amide bonds. The van der Waals surface area contributed by atoms with Gasteiger partial charge in [0.15, 0.2) is 0 Å². The molecule has 98 valence electrons. The van der Waals surface area contributed by atoms with Gasteiger partial charge in [0.2, 0.25) is 10.0 Å². The monoisotopic (exact) mass is 250 g/mol. The van der Waals surface area contributed by atoms with Crippen LogP contribution in [0, 0.1) is 5.92 Å². The molecule has 4 nitrogen and oxygen atoms in total. The van der Waals surface area contributed by atoms with Crippen LogP contribution in [0.5, 0.6) is 0 Å². The molecule has 1 unspecified atom stereocenters. The standard InChI is InChI=1S/C11H26N2O2S/c1-6-7-12-8-9-16(14,15)13(5)11(4)10(2)3/h10-12H,6-9H2,1-5H3. The van der Waals surface area contributed by atoms with Crippen LogP contribution in [0.1, 0.15) is 34.1 Å². The van der Waals surface area contributed by atoms with E-state index in [0.717, 1.165) is 13.0 Å². The summed E-state index contributed by atoms with van der Waals surface area (Å²) in [7, 11) is -1.45. The number of nitrogens with zero attached hydrogens (tertiary/aromatic N) is 1. The molecule has 5 heteroatoms. The van der Waals surface area contributed by atoms with Crippen molar-refractivity contribution in [2.75, 3.05) is 25.9 Å². The molecule has 0 heterocycles. The van der Waals surface area contributed by atoms with Crippen molar-refractivity contribution < 1.29 is 8.42 Å². The predicted octanol–water partition coefficient (Wildman–Crippen LogP) is 1.29. The third-order valence-corrected chi connectivity index (χ3v) is 4.87. The lowest BCUT2D eigenvalue weighted by atomic mass is 10.1. The second-order valence-corrected chi connectivity index (χ2v) is 6.71. The maximum Gasteiger partial charge on any atom is 0.215 e. The fraction of sp³-hybridized carbons (Fsp3) is 1.00. The van der Waals surface area contributed by atoms with Gasteiger partial charge in [-0.05, 0) is 25.8 Å². The lowest BCUT2D eigenvalue weighted by Crippen LogP contribution is -2.41. The molecule has 0 fully saturated rings. The smallest absolute Gasteiger partial charge is 0.215 e. The molecule has 0 aromatic heterocycles. The zero-order valence-corrected chi connectivity index (χ0v) is 12.0. The molecule has 16 heavy (non-hydrogen) atoms. The Morgan fingerprint density at radius 1 is 1.19 bits per heavy atom. The number of rotatable bonds is 8. The van der Waals surface area contributed by atoms with Gasteiger partial charge in [-0.2, -0.15) is 0 Å². The molecule has 0 aromatic rings. The Morgan fingerprint density at radius 3 is 2.19 bits per heavy atom. The van der Waals surface area contributed by atoms with Crippen molar-refractivity contribution in [3.05, 3.63) is 0 Å². The quantitative estimate of drug-likeness (QED) is 0.661. The summed E-state index contributed by atoms with van der Waals surface area (Å²) in [6.07, 6.45) is 1.03. The lowest BCUT2D eigenvalue weighted by molar-refractivity contribution is 0.315. The molecule has 0 aliphatic heterocycles. The second kappa shape index (κ2) is 7.25. The van der Waals surface area contributed by atoms with Gasteiger partial charge >= 0.3 is 0 Å². The van der Waals surface area contributed by atoms with Crippen molar-refractivity contribution >= 4 is 10.0 Å². The first-order valence-corrected chi connectivity index (χ1v) is 7.60. The van der Waals surface area contributed by atoms with Gasteiger partial charge < -0.3 is 5.32 Å². The molecule has 0 radical (unpaired) electrons. The molecule has 0 spiro atoms. The van der Waals surface area contributed by atoms with Crippen LogP contribution in [0.15, 0.2) is 0 Å². The lowest BCUT2D eigenvalue weighted by Gasteiger charge is -2.27. The van der Waals surface area contributed by atoms with E-state index in [4.69, 9.17) is 0 Å². The SMILES string of the molecule is CCCNCCS(=O)(=O)N(C)C(C)C(C)C. The van der Waals surface area contributed by atoms with E-state index in [1.807, 2.05) is 20.8 Å². The minimum atomic E-state index is -3.11. The first-order valence-electron chi connectivity index (χ1n) is 5.99. The normalized spacial score (nSPS) is 14.7. The van der Waals surface area contributed by atoms with Crippen molar-refractivity contribution in [1.29, 1.82) is 0 Å². The van der Waals surface area contributed by atoms with E-state index in [-0.39, 0.29) is 11.8 Å². The highest BCUT2D eigenvalue weighted by atomic mass is 32.2. The summed E-state index contributed by atoms with van der Waals surface area (Å²) < 4.78 is 25.3. The highest BCUT2D eigenvalue weighted by Crippen LogP contribution is 2.12. The van der Waals surface area contributed by atoms with E-state index < -0.39 is 10.0 Å². The fourth-order valence-corrected chi connectivity index (χ4v) is 2.76. The van der Waals surface area contributed by atoms with Gasteiger partial charge in [0.1, 0.15) is 0 Å². The summed E-state index contributed by atoms with van der Waals surface area (Å²) in [5, 5.41) is 3.11. The molecule has 0 saturated carbocycles. The van der Waals surface area contributed by atoms with E-state index in [1.165, 1.54) is 4.31 Å². The molecular weight excluding hydrogens is 224 g/mol. The van der Waals surface area contributed by atoms with Gasteiger partial charge in [-0.25, -0.2) is 12.7 Å². The van der Waals surface area contributed by atoms with Gasteiger partial charge in [0.05, 0.1) is 5.75 Å². The molecule has 0 aromatic carbocycles. The predicted molar refractivity (Wildman–Crippen MR) is 69.0 cm³/mol. The van der Waals surface area contributed by atoms with Crippen LogP contribution in [-0.2, 0) is 10.0 Å². The summed E-state index contributed by atoms with van der Waals surface area (Å²) in [6, 6.07) is 0.0520. The van der Waals surface area contributed by atoms with Gasteiger partial charge in [-0.1, -0.05) is 20.8 Å². The van der Waals surface area contributed by atoms with Crippen LogP contribution in [0.2, 0.25) is 0 Å². The Balaban J connectivity index is 4.21. The minimum Gasteiger partial charge on any atom is -0.316 e. The van der Waals surface area contributed by atoms with Gasteiger partial charge in [-0.3, -0.25) is 0 Å². The first-order chi connectivity index (χ1) is 7.33. The van der Waals surface area contributed by atoms with Crippen LogP contribution >= 0.6 is 0 Å². The maximum atomic E-state index is 11.9. The summed E-state index contributed by atoms with van der Waals surface area (Å²) in [6.45, 7) is 9.48. The average Bonchev–Trinajstić information content (AvgIpc) is 2.22. The van der Waals surface area contributed by atoms with E-state index in [0.29, 0.717) is 12.5 Å². The Morgan fingerprint density at radius 2 is 1.75 bits per heavy atom. The third kappa shape index (κ3) is 5.27. The van der Waals surface area contributed by atoms with Gasteiger partial charge in [-0.15, -0.1) is 0 Å². The molecule has 0 rings (SSSR count). The highest BCUT2D eigenvalue weighted by molar-refractivity contribution is 7.89. The van der Waals surface area contributed by atoms with E-state index in [1.54, 1.807) is 7.05 Å². The minimum absolute atomic E-state index is 0.0520. The highest BCUT2D eigenvalue weighted by Gasteiger charge is 2.24. The number of hydrogen-bond donors (Lipinski definition) is 1. The largest absolute Gasteiger partial charge is 0.316 e. The summed E-state index contributed by atoms with van der Waals surface area (Å²) >= 11 is 0. The Hall–Kier alpha value is -0.130. The van der Waals surface area contributed by atoms with E-state index in [9.17, 15) is 8.42 Å². The topological polar surface area (TPSA) is 49.4 Å². The van der Waals surface area contributed by atoms with E-state index >= 15 is 0 Å². The van der Waals surface area contributed by atoms with Crippen molar-refractivity contribution in [3.8, 4) is 0 Å². The summed E-state index contributed by atoms with van der Waals surface area (Å²) in [5.41, 5.74) is 0. The van der Waals surface area contributed by atoms with Gasteiger partial charge in [0, 0.05) is 19.6 Å². The van der Waals surface area contributed by atoms with Crippen LogP contribution in [0.3, 0.4) is 0 Å². The summed E-state index contributed by atoms with van der Waals surface area (Å²) in [5.74, 6) is 0.518. The van der Waals surface area contributed by atoms with Gasteiger partial charge in [0.25, 0.3) is 0 Å². The molecule has 1 N–H and O–H groups in total. The number of sulfonamides is 1. The van der Waals surface area contributed by atoms with Crippen LogP contribution in [0.25, 0.3) is 0 Å². The zero-order valence-electron chi connectivity index (χ0n) is 11.2. The Bertz CT molecular complexity index is 276. The molecule has 0 saturated heterocycles. The fourth-order valence-electron chi connectivity index (χ4n) is 1.32. The van der Waals surface area contributed by atoms with Crippen molar-refractivity contribution in [2.45, 2.75) is 40.2 Å². The molecular formula is C11H26N2O2S. The Kier molecular flexibility index (Phi) is 7.19. The van der Waals surface area contributed by atoms with Crippen molar-refractivity contribution in [3.63, 3.8) is 0 Å².